The fraction of sp³-hybridized carbons (Fsp3) is 0.276. The van der Waals surface area contributed by atoms with Crippen molar-refractivity contribution in [1.29, 1.82) is 0 Å². The highest BCUT2D eigenvalue weighted by Crippen LogP contribution is 2.35. The molecule has 0 bridgehead atoms. The van der Waals surface area contributed by atoms with E-state index in [1.165, 1.54) is 6.07 Å². The summed E-state index contributed by atoms with van der Waals surface area (Å²) < 4.78 is 15.8. The second-order valence-corrected chi connectivity index (χ2v) is 9.92. The van der Waals surface area contributed by atoms with Crippen molar-refractivity contribution in [3.8, 4) is 22.8 Å². The van der Waals surface area contributed by atoms with Crippen molar-refractivity contribution < 1.29 is 4.39 Å². The Morgan fingerprint density at radius 3 is 2.69 bits per heavy atom. The maximum Gasteiger partial charge on any atom is 0.223 e. The number of hydrogen-bond acceptors (Lipinski definition) is 8. The first-order chi connectivity index (χ1) is 19.0. The molecule has 198 valence electrons. The summed E-state index contributed by atoms with van der Waals surface area (Å²) in [6, 6.07) is 18.6. The van der Waals surface area contributed by atoms with Crippen molar-refractivity contribution >= 4 is 17.4 Å². The molecule has 0 saturated carbocycles. The number of rotatable bonds is 8. The summed E-state index contributed by atoms with van der Waals surface area (Å²) in [5.74, 6) is 1.18. The monoisotopic (exact) mass is 523 g/mol. The van der Waals surface area contributed by atoms with Crippen LogP contribution in [0.3, 0.4) is 0 Å². The molecule has 4 aromatic heterocycles. The maximum atomic E-state index is 14.0. The van der Waals surface area contributed by atoms with Crippen LogP contribution in [0.1, 0.15) is 24.4 Å². The molecular formula is C29H30FN9. The van der Waals surface area contributed by atoms with E-state index in [0.717, 1.165) is 72.3 Å². The molecule has 0 aliphatic carbocycles. The lowest BCUT2D eigenvalue weighted by Crippen LogP contribution is -2.24. The minimum atomic E-state index is -0.217. The van der Waals surface area contributed by atoms with Gasteiger partial charge in [-0.1, -0.05) is 18.2 Å². The molecule has 10 heteroatoms. The maximum absolute atomic E-state index is 14.0. The number of anilines is 2. The smallest absolute Gasteiger partial charge is 0.223 e. The first kappa shape index (κ1) is 24.9. The van der Waals surface area contributed by atoms with E-state index < -0.39 is 0 Å². The van der Waals surface area contributed by atoms with Crippen LogP contribution in [0.2, 0.25) is 0 Å². The fourth-order valence-electron chi connectivity index (χ4n) is 4.99. The van der Waals surface area contributed by atoms with E-state index in [1.807, 2.05) is 61.1 Å². The molecule has 0 spiro atoms. The number of halogens is 1. The Labute approximate surface area is 226 Å². The van der Waals surface area contributed by atoms with Crippen LogP contribution in [0, 0.1) is 5.82 Å². The predicted octanol–water partition coefficient (Wildman–Crippen LogP) is 4.70. The Hall–Kier alpha value is -4.44. The van der Waals surface area contributed by atoms with Crippen molar-refractivity contribution in [2.75, 3.05) is 43.9 Å². The van der Waals surface area contributed by atoms with Crippen LogP contribution in [0.15, 0.2) is 73.1 Å². The van der Waals surface area contributed by atoms with E-state index in [0.29, 0.717) is 5.95 Å². The van der Waals surface area contributed by atoms with Crippen molar-refractivity contribution in [2.24, 2.45) is 0 Å². The van der Waals surface area contributed by atoms with Gasteiger partial charge in [0.25, 0.3) is 0 Å². The van der Waals surface area contributed by atoms with Gasteiger partial charge in [0.2, 0.25) is 5.95 Å². The van der Waals surface area contributed by atoms with Gasteiger partial charge in [0, 0.05) is 25.8 Å². The van der Waals surface area contributed by atoms with E-state index in [1.54, 1.807) is 24.5 Å². The van der Waals surface area contributed by atoms with Crippen LogP contribution in [-0.2, 0) is 0 Å². The summed E-state index contributed by atoms with van der Waals surface area (Å²) in [5.41, 5.74) is 4.70. The molecule has 39 heavy (non-hydrogen) atoms. The molecule has 1 aliphatic rings. The molecular weight excluding hydrogens is 493 g/mol. The quantitative estimate of drug-likeness (QED) is 0.313. The molecule has 0 amide bonds. The lowest BCUT2D eigenvalue weighted by atomic mass is 10.0. The standard InChI is InChI=1S/C29H30FN9/c1-37(2)17-15-32-29-31-14-13-23(35-29)22-8-4-9-24(34-22)26-19-33-27-11-12-28(36-39(26)27)38-16-5-10-25(38)20-6-3-7-21(30)18-20/h3-4,6-9,11-14,18-19,25H,5,10,15-17H2,1-2H3,(H,31,32,35). The van der Waals surface area contributed by atoms with Gasteiger partial charge < -0.3 is 15.1 Å². The Morgan fingerprint density at radius 1 is 0.974 bits per heavy atom. The third kappa shape index (κ3) is 5.28. The third-order valence-electron chi connectivity index (χ3n) is 6.90. The number of aromatic nitrogens is 6. The molecule has 1 aliphatic heterocycles. The number of hydrogen-bond donors (Lipinski definition) is 1. The molecule has 1 atom stereocenters. The largest absolute Gasteiger partial charge is 0.353 e. The van der Waals surface area contributed by atoms with E-state index in [2.05, 4.69) is 30.1 Å². The molecule has 1 unspecified atom stereocenters. The highest BCUT2D eigenvalue weighted by Gasteiger charge is 2.28. The predicted molar refractivity (Wildman–Crippen MR) is 150 cm³/mol. The minimum Gasteiger partial charge on any atom is -0.353 e. The van der Waals surface area contributed by atoms with Crippen LogP contribution in [0.4, 0.5) is 16.2 Å². The van der Waals surface area contributed by atoms with Crippen LogP contribution in [0.5, 0.6) is 0 Å². The first-order valence-corrected chi connectivity index (χ1v) is 13.1. The Balaban J connectivity index is 1.30. The highest BCUT2D eigenvalue weighted by atomic mass is 19.1. The number of nitrogens with zero attached hydrogens (tertiary/aromatic N) is 8. The average Bonchev–Trinajstić information content (AvgIpc) is 3.60. The summed E-state index contributed by atoms with van der Waals surface area (Å²) in [7, 11) is 4.06. The van der Waals surface area contributed by atoms with Crippen LogP contribution >= 0.6 is 0 Å². The lowest BCUT2D eigenvalue weighted by Gasteiger charge is -2.26. The Morgan fingerprint density at radius 2 is 1.82 bits per heavy atom. The molecule has 5 heterocycles. The summed E-state index contributed by atoms with van der Waals surface area (Å²) in [5, 5.41) is 8.23. The number of pyridine rings is 1. The van der Waals surface area contributed by atoms with E-state index in [4.69, 9.17) is 10.1 Å². The fourth-order valence-corrected chi connectivity index (χ4v) is 4.99. The normalized spacial score (nSPS) is 15.4. The van der Waals surface area contributed by atoms with Gasteiger partial charge in [0.15, 0.2) is 5.65 Å². The van der Waals surface area contributed by atoms with Gasteiger partial charge in [-0.3, -0.25) is 0 Å². The van der Waals surface area contributed by atoms with Gasteiger partial charge >= 0.3 is 0 Å². The van der Waals surface area contributed by atoms with E-state index >= 15 is 0 Å². The van der Waals surface area contributed by atoms with Crippen LogP contribution in [-0.4, -0.2) is 68.2 Å². The zero-order valence-electron chi connectivity index (χ0n) is 22.0. The van der Waals surface area contributed by atoms with Gasteiger partial charge in [0.1, 0.15) is 17.3 Å². The molecule has 0 radical (unpaired) electrons. The molecule has 1 fully saturated rings. The minimum absolute atomic E-state index is 0.0809. The first-order valence-electron chi connectivity index (χ1n) is 13.1. The Kier molecular flexibility index (Phi) is 6.85. The molecule has 6 rings (SSSR count). The topological polar surface area (TPSA) is 87.4 Å². The van der Waals surface area contributed by atoms with E-state index in [-0.39, 0.29) is 11.9 Å². The molecule has 5 aromatic rings. The van der Waals surface area contributed by atoms with Crippen molar-refractivity contribution in [3.05, 3.63) is 84.4 Å². The summed E-state index contributed by atoms with van der Waals surface area (Å²) in [6.45, 7) is 2.48. The molecule has 1 aromatic carbocycles. The highest BCUT2D eigenvalue weighted by molar-refractivity contribution is 5.65. The number of likely N-dealkylation sites (N-methyl/N-ethyl adjacent to an activating group) is 1. The zero-order chi connectivity index (χ0) is 26.8. The summed E-state index contributed by atoms with van der Waals surface area (Å²) in [4.78, 5) is 22.8. The average molecular weight is 524 g/mol. The molecule has 9 nitrogen and oxygen atoms in total. The number of imidazole rings is 1. The van der Waals surface area contributed by atoms with Crippen LogP contribution < -0.4 is 10.2 Å². The summed E-state index contributed by atoms with van der Waals surface area (Å²) >= 11 is 0. The second kappa shape index (κ2) is 10.7. The van der Waals surface area contributed by atoms with Crippen molar-refractivity contribution in [2.45, 2.75) is 18.9 Å². The Bertz CT molecular complexity index is 1600. The van der Waals surface area contributed by atoms with Gasteiger partial charge in [-0.05, 0) is 75.0 Å². The second-order valence-electron chi connectivity index (χ2n) is 9.92. The van der Waals surface area contributed by atoms with Crippen molar-refractivity contribution in [3.63, 3.8) is 0 Å². The van der Waals surface area contributed by atoms with Gasteiger partial charge in [-0.15, -0.1) is 5.10 Å². The zero-order valence-corrected chi connectivity index (χ0v) is 22.0. The van der Waals surface area contributed by atoms with Gasteiger partial charge in [-0.25, -0.2) is 28.8 Å². The SMILES string of the molecule is CN(C)CCNc1nccc(-c2cccc(-c3cnc4ccc(N5CCCC5c5cccc(F)c5)nn34)n2)n1. The van der Waals surface area contributed by atoms with Crippen molar-refractivity contribution in [1.82, 2.24) is 34.4 Å². The summed E-state index contributed by atoms with van der Waals surface area (Å²) in [6.07, 6.45) is 5.50. The molecule has 1 saturated heterocycles. The van der Waals surface area contributed by atoms with Crippen LogP contribution in [0.25, 0.3) is 28.4 Å². The number of benzene rings is 1. The molecule has 1 N–H and O–H groups in total. The third-order valence-corrected chi connectivity index (χ3v) is 6.90. The number of nitrogens with one attached hydrogen (secondary N) is 1. The number of fused-ring (bicyclic) bond motifs is 1. The van der Waals surface area contributed by atoms with E-state index in [9.17, 15) is 4.39 Å². The van der Waals surface area contributed by atoms with Gasteiger partial charge in [-0.2, -0.15) is 0 Å². The van der Waals surface area contributed by atoms with Gasteiger partial charge in [0.05, 0.1) is 29.3 Å². The lowest BCUT2D eigenvalue weighted by molar-refractivity contribution is 0.425.